The fourth-order valence-corrected chi connectivity index (χ4v) is 2.82. The Labute approximate surface area is 106 Å². The molecule has 1 saturated heterocycles. The van der Waals surface area contributed by atoms with Gasteiger partial charge >= 0.3 is 0 Å². The van der Waals surface area contributed by atoms with E-state index in [9.17, 15) is 0 Å². The summed E-state index contributed by atoms with van der Waals surface area (Å²) < 4.78 is 10.8. The van der Waals surface area contributed by atoms with Gasteiger partial charge in [-0.05, 0) is 18.3 Å². The van der Waals surface area contributed by atoms with Crippen LogP contribution in [0.1, 0.15) is 50.2 Å². The Morgan fingerprint density at radius 1 is 1.44 bits per heavy atom. The number of hydrogen-bond donors (Lipinski definition) is 0. The molecule has 1 aromatic heterocycles. The van der Waals surface area contributed by atoms with Gasteiger partial charge in [-0.3, -0.25) is 0 Å². The van der Waals surface area contributed by atoms with Gasteiger partial charge in [-0.15, -0.1) is 0 Å². The molecule has 2 aliphatic rings. The maximum atomic E-state index is 9.07. The van der Waals surface area contributed by atoms with Crippen molar-refractivity contribution in [3.05, 3.63) is 11.7 Å². The Hall–Kier alpha value is -1.41. The number of nitrogens with zero attached hydrogens (tertiary/aromatic N) is 3. The molecule has 0 spiro atoms. The molecule has 0 radical (unpaired) electrons. The summed E-state index contributed by atoms with van der Waals surface area (Å²) in [6, 6.07) is 2.31. The minimum Gasteiger partial charge on any atom is -0.381 e. The van der Waals surface area contributed by atoms with E-state index in [1.165, 1.54) is 0 Å². The second-order valence-corrected chi connectivity index (χ2v) is 5.81. The van der Waals surface area contributed by atoms with Gasteiger partial charge in [0.15, 0.2) is 5.82 Å². The molecule has 0 aromatic carbocycles. The van der Waals surface area contributed by atoms with Crippen LogP contribution in [0.15, 0.2) is 4.52 Å². The van der Waals surface area contributed by atoms with E-state index in [0.717, 1.165) is 25.3 Å². The standard InChI is InChI=1S/C13H17N3O2/c1-13(2)9(6-14)10(13)12-15-11(16-18-12)8-4-3-5-17-7-8/h8-10H,3-5,7H2,1-2H3. The summed E-state index contributed by atoms with van der Waals surface area (Å²) in [5.41, 5.74) is -0.0401. The van der Waals surface area contributed by atoms with Crippen molar-refractivity contribution in [2.45, 2.75) is 38.5 Å². The highest BCUT2D eigenvalue weighted by atomic mass is 16.5. The Kier molecular flexibility index (Phi) is 2.63. The molecule has 2 fully saturated rings. The molecule has 2 heterocycles. The molecule has 1 aliphatic heterocycles. The van der Waals surface area contributed by atoms with Gasteiger partial charge in [0, 0.05) is 12.5 Å². The van der Waals surface area contributed by atoms with Crippen molar-refractivity contribution >= 4 is 0 Å². The molecule has 1 aliphatic carbocycles. The lowest BCUT2D eigenvalue weighted by molar-refractivity contribution is 0.0773. The van der Waals surface area contributed by atoms with E-state index in [-0.39, 0.29) is 23.2 Å². The quantitative estimate of drug-likeness (QED) is 0.801. The molecule has 0 amide bonds. The van der Waals surface area contributed by atoms with Crippen molar-refractivity contribution in [2.24, 2.45) is 11.3 Å². The summed E-state index contributed by atoms with van der Waals surface area (Å²) in [6.07, 6.45) is 2.10. The van der Waals surface area contributed by atoms with Crippen molar-refractivity contribution < 1.29 is 9.26 Å². The summed E-state index contributed by atoms with van der Waals surface area (Å²) in [5, 5.41) is 13.1. The fraction of sp³-hybridized carbons (Fsp3) is 0.769. The van der Waals surface area contributed by atoms with Crippen LogP contribution in [0, 0.1) is 22.7 Å². The van der Waals surface area contributed by atoms with Crippen LogP contribution in [-0.4, -0.2) is 23.4 Å². The van der Waals surface area contributed by atoms with Gasteiger partial charge in [-0.1, -0.05) is 19.0 Å². The lowest BCUT2D eigenvalue weighted by atomic mass is 10.0. The van der Waals surface area contributed by atoms with E-state index in [2.05, 4.69) is 30.1 Å². The van der Waals surface area contributed by atoms with E-state index >= 15 is 0 Å². The number of nitriles is 1. The van der Waals surface area contributed by atoms with Gasteiger partial charge in [-0.2, -0.15) is 10.2 Å². The van der Waals surface area contributed by atoms with Gasteiger partial charge in [0.1, 0.15) is 0 Å². The Balaban J connectivity index is 1.77. The zero-order valence-electron chi connectivity index (χ0n) is 10.7. The molecule has 0 bridgehead atoms. The first-order valence-corrected chi connectivity index (χ1v) is 6.45. The van der Waals surface area contributed by atoms with Crippen molar-refractivity contribution in [1.29, 1.82) is 5.26 Å². The lowest BCUT2D eigenvalue weighted by Crippen LogP contribution is -2.16. The Morgan fingerprint density at radius 3 is 2.89 bits per heavy atom. The third-order valence-corrected chi connectivity index (χ3v) is 4.22. The van der Waals surface area contributed by atoms with Crippen molar-refractivity contribution in [1.82, 2.24) is 10.1 Å². The maximum Gasteiger partial charge on any atom is 0.231 e. The third kappa shape index (κ3) is 1.72. The van der Waals surface area contributed by atoms with Crippen molar-refractivity contribution in [3.8, 4) is 6.07 Å². The summed E-state index contributed by atoms with van der Waals surface area (Å²) >= 11 is 0. The molecule has 5 heteroatoms. The van der Waals surface area contributed by atoms with E-state index in [4.69, 9.17) is 14.5 Å². The largest absolute Gasteiger partial charge is 0.381 e. The molecule has 3 unspecified atom stereocenters. The van der Waals surface area contributed by atoms with Gasteiger partial charge in [-0.25, -0.2) is 0 Å². The van der Waals surface area contributed by atoms with Gasteiger partial charge in [0.05, 0.1) is 24.5 Å². The minimum atomic E-state index is -0.0401. The second-order valence-electron chi connectivity index (χ2n) is 5.81. The second kappa shape index (κ2) is 4.06. The summed E-state index contributed by atoms with van der Waals surface area (Å²) in [6.45, 7) is 5.64. The topological polar surface area (TPSA) is 71.9 Å². The average molecular weight is 247 g/mol. The summed E-state index contributed by atoms with van der Waals surface area (Å²) in [4.78, 5) is 4.48. The first-order valence-electron chi connectivity index (χ1n) is 6.45. The lowest BCUT2D eigenvalue weighted by Gasteiger charge is -2.18. The normalized spacial score (nSPS) is 33.9. The fourth-order valence-electron chi connectivity index (χ4n) is 2.82. The van der Waals surface area contributed by atoms with Crippen LogP contribution >= 0.6 is 0 Å². The number of hydrogen-bond acceptors (Lipinski definition) is 5. The molecule has 1 saturated carbocycles. The average Bonchev–Trinajstić information content (AvgIpc) is 2.77. The van der Waals surface area contributed by atoms with Crippen LogP contribution in [0.5, 0.6) is 0 Å². The van der Waals surface area contributed by atoms with Crippen LogP contribution in [-0.2, 0) is 4.74 Å². The molecule has 3 atom stereocenters. The van der Waals surface area contributed by atoms with Gasteiger partial charge in [0.25, 0.3) is 0 Å². The smallest absolute Gasteiger partial charge is 0.231 e. The van der Waals surface area contributed by atoms with Gasteiger partial charge in [0.2, 0.25) is 5.89 Å². The maximum absolute atomic E-state index is 9.07. The van der Waals surface area contributed by atoms with Gasteiger partial charge < -0.3 is 9.26 Å². The summed E-state index contributed by atoms with van der Waals surface area (Å²) in [7, 11) is 0. The Bertz CT molecular complexity index is 483. The molecule has 5 nitrogen and oxygen atoms in total. The predicted octanol–water partition coefficient (Wildman–Crippen LogP) is 2.23. The zero-order chi connectivity index (χ0) is 12.8. The number of aromatic nitrogens is 2. The molecule has 96 valence electrons. The van der Waals surface area contributed by atoms with Crippen molar-refractivity contribution in [3.63, 3.8) is 0 Å². The van der Waals surface area contributed by atoms with E-state index in [0.29, 0.717) is 12.5 Å². The first kappa shape index (κ1) is 11.7. The minimum absolute atomic E-state index is 0.00611. The van der Waals surface area contributed by atoms with E-state index in [1.54, 1.807) is 0 Å². The van der Waals surface area contributed by atoms with E-state index < -0.39 is 0 Å². The first-order chi connectivity index (χ1) is 8.64. The highest BCUT2D eigenvalue weighted by Gasteiger charge is 2.62. The molecule has 1 aromatic rings. The van der Waals surface area contributed by atoms with Crippen LogP contribution in [0.3, 0.4) is 0 Å². The van der Waals surface area contributed by atoms with Crippen LogP contribution in [0.2, 0.25) is 0 Å². The molecule has 3 rings (SSSR count). The molecular formula is C13H17N3O2. The van der Waals surface area contributed by atoms with Crippen LogP contribution in [0.25, 0.3) is 0 Å². The monoisotopic (exact) mass is 247 g/mol. The SMILES string of the molecule is CC1(C)C(C#N)C1c1nc(C2CCCOC2)no1. The van der Waals surface area contributed by atoms with Crippen LogP contribution < -0.4 is 0 Å². The highest BCUT2D eigenvalue weighted by Crippen LogP contribution is 2.63. The van der Waals surface area contributed by atoms with E-state index in [1.807, 2.05) is 0 Å². The predicted molar refractivity (Wildman–Crippen MR) is 62.7 cm³/mol. The highest BCUT2D eigenvalue weighted by molar-refractivity contribution is 5.26. The molecular weight excluding hydrogens is 230 g/mol. The molecule has 18 heavy (non-hydrogen) atoms. The third-order valence-electron chi connectivity index (χ3n) is 4.22. The van der Waals surface area contributed by atoms with Crippen molar-refractivity contribution in [2.75, 3.05) is 13.2 Å². The number of ether oxygens (including phenoxy) is 1. The molecule has 0 N–H and O–H groups in total. The zero-order valence-corrected chi connectivity index (χ0v) is 10.7. The van der Waals surface area contributed by atoms with Crippen LogP contribution in [0.4, 0.5) is 0 Å². The summed E-state index contributed by atoms with van der Waals surface area (Å²) in [5.74, 6) is 1.69. The Morgan fingerprint density at radius 2 is 2.28 bits per heavy atom. The number of rotatable bonds is 2.